The molecule has 0 saturated carbocycles. The first-order valence-electron chi connectivity index (χ1n) is 20.2. The lowest BCUT2D eigenvalue weighted by Gasteiger charge is -2.29. The van der Waals surface area contributed by atoms with Gasteiger partial charge in [-0.15, -0.1) is 11.6 Å². The summed E-state index contributed by atoms with van der Waals surface area (Å²) in [6.07, 6.45) is 3.24. The van der Waals surface area contributed by atoms with Crippen LogP contribution in [0.3, 0.4) is 0 Å². The Kier molecular flexibility index (Phi) is 10.3. The Labute approximate surface area is 338 Å². The van der Waals surface area contributed by atoms with Crippen molar-refractivity contribution in [1.29, 1.82) is 0 Å². The Morgan fingerprint density at radius 1 is 0.661 bits per heavy atom. The van der Waals surface area contributed by atoms with E-state index < -0.39 is 0 Å². The third-order valence-electron chi connectivity index (χ3n) is 11.8. The number of morpholine rings is 1. The highest BCUT2D eigenvalue weighted by Crippen LogP contribution is 2.42. The molecule has 6 heterocycles. The predicted molar refractivity (Wildman–Crippen MR) is 237 cm³/mol. The second kappa shape index (κ2) is 15.5. The third kappa shape index (κ3) is 6.56. The first kappa shape index (κ1) is 37.2. The van der Waals surface area contributed by atoms with Gasteiger partial charge in [0.25, 0.3) is 0 Å². The number of pyridine rings is 2. The molecule has 56 heavy (non-hydrogen) atoms. The van der Waals surface area contributed by atoms with E-state index in [2.05, 4.69) is 95.2 Å². The molecule has 9 heteroatoms. The maximum absolute atomic E-state index is 6.83. The Bertz CT molecular complexity index is 2760. The summed E-state index contributed by atoms with van der Waals surface area (Å²) < 4.78 is 10.4. The van der Waals surface area contributed by atoms with Gasteiger partial charge in [0.1, 0.15) is 0 Å². The fourth-order valence-corrected chi connectivity index (χ4v) is 9.91. The van der Waals surface area contributed by atoms with Crippen LogP contribution in [0.15, 0.2) is 72.8 Å². The minimum Gasteiger partial charge on any atom is -0.379 e. The summed E-state index contributed by atoms with van der Waals surface area (Å²) in [4.78, 5) is 15.4. The third-order valence-corrected chi connectivity index (χ3v) is 12.5. The Morgan fingerprint density at radius 2 is 1.29 bits per heavy atom. The van der Waals surface area contributed by atoms with Gasteiger partial charge in [-0.3, -0.25) is 4.90 Å². The van der Waals surface area contributed by atoms with Crippen LogP contribution in [0, 0.1) is 27.7 Å². The largest absolute Gasteiger partial charge is 0.379 e. The van der Waals surface area contributed by atoms with E-state index in [0.29, 0.717) is 5.88 Å². The summed E-state index contributed by atoms with van der Waals surface area (Å²) in [5.74, 6) is 0.630. The molecule has 0 N–H and O–H groups in total. The Hall–Kier alpha value is -4.40. The summed E-state index contributed by atoms with van der Waals surface area (Å²) in [6.45, 7) is 17.8. The molecule has 2 aliphatic rings. The highest BCUT2D eigenvalue weighted by Gasteiger charge is 2.26. The van der Waals surface area contributed by atoms with Crippen molar-refractivity contribution in [3.8, 4) is 0 Å². The summed E-state index contributed by atoms with van der Waals surface area (Å²) in [6, 6.07) is 25.8. The molecular formula is C47H50Cl2N6O. The minimum absolute atomic E-state index is 0.630. The van der Waals surface area contributed by atoms with Crippen LogP contribution in [0.5, 0.6) is 0 Å². The zero-order valence-corrected chi connectivity index (χ0v) is 34.5. The molecule has 7 nitrogen and oxygen atoms in total. The fraction of sp³-hybridized carbons (Fsp3) is 0.362. The van der Waals surface area contributed by atoms with Crippen LogP contribution in [0.25, 0.3) is 65.7 Å². The molecule has 288 valence electrons. The number of rotatable bonds is 7. The second-order valence-electron chi connectivity index (χ2n) is 15.8. The molecule has 1 saturated heterocycles. The number of benzene rings is 4. The number of ether oxygens (including phenoxy) is 1. The first-order valence-corrected chi connectivity index (χ1v) is 21.1. The van der Waals surface area contributed by atoms with Crippen molar-refractivity contribution in [2.75, 3.05) is 56.7 Å². The number of aryl methyl sites for hydroxylation is 6. The number of nitrogens with zero attached hydrogens (tertiary/aromatic N) is 6. The van der Waals surface area contributed by atoms with Gasteiger partial charge in [-0.2, -0.15) is 0 Å². The lowest BCUT2D eigenvalue weighted by molar-refractivity contribution is 0.0376. The average molecular weight is 786 g/mol. The van der Waals surface area contributed by atoms with E-state index in [1.165, 1.54) is 72.6 Å². The summed E-state index contributed by atoms with van der Waals surface area (Å²) in [5.41, 5.74) is 15.6. The van der Waals surface area contributed by atoms with Crippen molar-refractivity contribution in [1.82, 2.24) is 24.0 Å². The van der Waals surface area contributed by atoms with E-state index >= 15 is 0 Å². The van der Waals surface area contributed by atoms with Crippen molar-refractivity contribution in [3.05, 3.63) is 100 Å². The molecule has 0 radical (unpaired) electrons. The smallest absolute Gasteiger partial charge is 0.0991 e. The van der Waals surface area contributed by atoms with Crippen LogP contribution in [0.4, 0.5) is 5.69 Å². The lowest BCUT2D eigenvalue weighted by Crippen LogP contribution is -2.38. The van der Waals surface area contributed by atoms with E-state index in [-0.39, 0.29) is 0 Å². The summed E-state index contributed by atoms with van der Waals surface area (Å²) in [7, 11) is 0. The average Bonchev–Trinajstić information content (AvgIpc) is 3.59. The molecule has 1 fully saturated rings. The van der Waals surface area contributed by atoms with Crippen molar-refractivity contribution in [2.24, 2.45) is 0 Å². The van der Waals surface area contributed by atoms with Crippen LogP contribution < -0.4 is 4.90 Å². The van der Waals surface area contributed by atoms with Gasteiger partial charge in [-0.1, -0.05) is 60.1 Å². The number of halogens is 2. The molecule has 0 bridgehead atoms. The molecule has 0 aliphatic carbocycles. The van der Waals surface area contributed by atoms with Gasteiger partial charge in [0.05, 0.1) is 68.1 Å². The molecule has 10 rings (SSSR count). The molecule has 0 amide bonds. The van der Waals surface area contributed by atoms with Crippen LogP contribution >= 0.6 is 23.2 Å². The van der Waals surface area contributed by atoms with Gasteiger partial charge < -0.3 is 18.8 Å². The number of alkyl halides is 1. The highest BCUT2D eigenvalue weighted by atomic mass is 35.5. The Morgan fingerprint density at radius 3 is 2.00 bits per heavy atom. The molecule has 2 aliphatic heterocycles. The zero-order chi connectivity index (χ0) is 38.5. The van der Waals surface area contributed by atoms with Crippen molar-refractivity contribution in [2.45, 2.75) is 60.0 Å². The maximum atomic E-state index is 6.83. The number of hydrogen-bond acceptors (Lipinski definition) is 5. The van der Waals surface area contributed by atoms with Gasteiger partial charge in [0.2, 0.25) is 0 Å². The van der Waals surface area contributed by atoms with E-state index in [1.54, 1.807) is 0 Å². The van der Waals surface area contributed by atoms with Gasteiger partial charge in [-0.05, 0) is 93.5 Å². The van der Waals surface area contributed by atoms with Crippen LogP contribution in [-0.4, -0.2) is 75.8 Å². The normalized spacial score (nSPS) is 15.1. The van der Waals surface area contributed by atoms with Crippen molar-refractivity contribution >= 4 is 94.6 Å². The van der Waals surface area contributed by atoms with E-state index in [4.69, 9.17) is 37.9 Å². The highest BCUT2D eigenvalue weighted by molar-refractivity contribution is 6.41. The number of para-hydroxylation sites is 2. The second-order valence-corrected chi connectivity index (χ2v) is 16.5. The van der Waals surface area contributed by atoms with Crippen LogP contribution in [0.2, 0.25) is 5.02 Å². The van der Waals surface area contributed by atoms with Crippen molar-refractivity contribution < 1.29 is 4.74 Å². The lowest BCUT2D eigenvalue weighted by atomic mass is 10.1. The predicted octanol–water partition coefficient (Wildman–Crippen LogP) is 11.1. The number of anilines is 1. The monoisotopic (exact) mass is 784 g/mol. The number of fused-ring (bicyclic) bond motifs is 9. The number of hydrogen-bond donors (Lipinski definition) is 0. The number of aromatic nitrogens is 4. The zero-order valence-electron chi connectivity index (χ0n) is 33.0. The van der Waals surface area contributed by atoms with Gasteiger partial charge in [0.15, 0.2) is 0 Å². The van der Waals surface area contributed by atoms with Crippen molar-refractivity contribution in [3.63, 3.8) is 0 Å². The van der Waals surface area contributed by atoms with Gasteiger partial charge in [0, 0.05) is 73.2 Å². The Balaban J connectivity index is 0.000000153. The quantitative estimate of drug-likeness (QED) is 0.151. The minimum atomic E-state index is 0.630. The molecule has 0 atom stereocenters. The molecule has 4 aromatic carbocycles. The van der Waals surface area contributed by atoms with E-state index in [9.17, 15) is 0 Å². The molecular weight excluding hydrogens is 735 g/mol. The van der Waals surface area contributed by atoms with E-state index in [0.717, 1.165) is 104 Å². The van der Waals surface area contributed by atoms with Crippen LogP contribution in [-0.2, 0) is 17.8 Å². The van der Waals surface area contributed by atoms with Gasteiger partial charge in [-0.25, -0.2) is 9.97 Å². The maximum Gasteiger partial charge on any atom is 0.0991 e. The van der Waals surface area contributed by atoms with Crippen LogP contribution in [0.1, 0.15) is 41.5 Å². The molecule has 0 spiro atoms. The molecule has 8 aromatic rings. The summed E-state index contributed by atoms with van der Waals surface area (Å²) >= 11 is 12.8. The van der Waals surface area contributed by atoms with E-state index in [1.807, 2.05) is 24.3 Å². The summed E-state index contributed by atoms with van der Waals surface area (Å²) in [5, 5.41) is 5.58. The standard InChI is InChI=1S/C27H32N4O.C20H18Cl2N2/c1-19-17-20(2)24-23(18-19)31-12-6-11-30(10-5-9-29-13-15-32-16-14-29)26-21-7-3-4-8-22(21)28-25(24)27(26)31;1-12-10-13(2)17-16(11-12)24(9-5-8-21)20-18(22)14-6-3-4-7-15(14)23-19(17)20/h3-4,7-8,17-18H,5-6,9-16H2,1-2H3;3-4,6-7,10-11H,5,8-9H2,1-2H3. The molecule has 4 aromatic heterocycles. The topological polar surface area (TPSA) is 51.4 Å². The van der Waals surface area contributed by atoms with Gasteiger partial charge >= 0.3 is 0 Å². The first-order chi connectivity index (χ1) is 27.3. The fourth-order valence-electron chi connectivity index (χ4n) is 9.44. The molecule has 0 unspecified atom stereocenters. The SMILES string of the molecule is Cc1cc(C)c2c3nc4ccccc4c(Cl)c3n(CCCCl)c2c1.Cc1cc(C)c2c3nc4ccccc4c4c3n(c2c1)CCCN4CCCN1CCOCC1.